The number of aromatic nitrogens is 5. The van der Waals surface area contributed by atoms with E-state index < -0.39 is 0 Å². The molecule has 0 radical (unpaired) electrons. The van der Waals surface area contributed by atoms with Crippen LogP contribution in [0.4, 0.5) is 4.79 Å². The molecule has 3 aromatic heterocycles. The van der Waals surface area contributed by atoms with Crippen LogP contribution in [-0.4, -0.2) is 79.0 Å². The molecule has 0 aromatic carbocycles. The van der Waals surface area contributed by atoms with Crippen molar-refractivity contribution in [3.05, 3.63) is 31.0 Å². The zero-order valence-corrected chi connectivity index (χ0v) is 16.6. The number of nitrogens with one attached hydrogen (secondary N) is 2. The van der Waals surface area contributed by atoms with Crippen molar-refractivity contribution in [2.75, 3.05) is 26.2 Å². The fraction of sp³-hybridized carbons (Fsp3) is 0.450. The van der Waals surface area contributed by atoms with E-state index in [2.05, 4.69) is 31.1 Å². The van der Waals surface area contributed by atoms with Crippen LogP contribution in [0.2, 0.25) is 0 Å². The van der Waals surface area contributed by atoms with Crippen molar-refractivity contribution in [2.24, 2.45) is 11.7 Å². The summed E-state index contributed by atoms with van der Waals surface area (Å²) in [5, 5.41) is 13.3. The fourth-order valence-electron chi connectivity index (χ4n) is 4.85. The van der Waals surface area contributed by atoms with Gasteiger partial charge in [0.05, 0.1) is 17.9 Å². The quantitative estimate of drug-likeness (QED) is 0.551. The predicted molar refractivity (Wildman–Crippen MR) is 112 cm³/mol. The zero-order chi connectivity index (χ0) is 20.7. The molecule has 1 aliphatic heterocycles. The number of hydrogen-bond acceptors (Lipinski definition) is 6. The standard InChI is InChI=1S/C20H25N9O/c21-3-1-14-16(27-5-7-28(8-6-27)20(22)30)9-17(14)29-11-13(10-26-29)18-15-2-4-23-19(15)25-12-24-18/h2-4,10-12,14,16-17,21H,1,5-9H2,(H2,22,30)(H,23,24,25). The Labute approximate surface area is 173 Å². The molecule has 1 saturated heterocycles. The first-order chi connectivity index (χ1) is 14.7. The molecule has 156 valence electrons. The van der Waals surface area contributed by atoms with Crippen molar-refractivity contribution in [1.29, 1.82) is 5.41 Å². The van der Waals surface area contributed by atoms with Crippen LogP contribution >= 0.6 is 0 Å². The van der Waals surface area contributed by atoms with Gasteiger partial charge in [-0.25, -0.2) is 14.8 Å². The van der Waals surface area contributed by atoms with Gasteiger partial charge in [-0.2, -0.15) is 5.10 Å². The van der Waals surface area contributed by atoms with Crippen LogP contribution in [0.3, 0.4) is 0 Å². The second-order valence-corrected chi connectivity index (χ2v) is 8.01. The minimum Gasteiger partial charge on any atom is -0.351 e. The molecule has 0 spiro atoms. The highest BCUT2D eigenvalue weighted by atomic mass is 16.2. The summed E-state index contributed by atoms with van der Waals surface area (Å²) in [5.41, 5.74) is 8.05. The molecule has 4 heterocycles. The number of hydrogen-bond donors (Lipinski definition) is 3. The predicted octanol–water partition coefficient (Wildman–Crippen LogP) is 1.49. The van der Waals surface area contributed by atoms with E-state index in [4.69, 9.17) is 11.1 Å². The van der Waals surface area contributed by atoms with Gasteiger partial charge in [0.25, 0.3) is 0 Å². The number of carbonyl (C=O) groups is 1. The summed E-state index contributed by atoms with van der Waals surface area (Å²) >= 11 is 0. The number of carbonyl (C=O) groups excluding carboxylic acids is 1. The van der Waals surface area contributed by atoms with Crippen molar-refractivity contribution < 1.29 is 4.79 Å². The summed E-state index contributed by atoms with van der Waals surface area (Å²) in [6, 6.07) is 2.28. The molecule has 10 nitrogen and oxygen atoms in total. The number of fused-ring (bicyclic) bond motifs is 1. The second kappa shape index (κ2) is 7.52. The SMILES string of the molecule is N=CCC1C(N2CCN(C(N)=O)CC2)CC1n1cc(-c2ncnc3[nH]ccc23)cn1. The van der Waals surface area contributed by atoms with Gasteiger partial charge in [-0.05, 0) is 25.1 Å². The average Bonchev–Trinajstić information content (AvgIpc) is 3.41. The van der Waals surface area contributed by atoms with Crippen LogP contribution in [-0.2, 0) is 0 Å². The lowest BCUT2D eigenvalue weighted by atomic mass is 9.71. The molecule has 2 amide bonds. The molecule has 1 aliphatic carbocycles. The molecule has 3 aromatic rings. The number of urea groups is 1. The molecule has 5 rings (SSSR count). The Morgan fingerprint density at radius 1 is 1.27 bits per heavy atom. The third-order valence-corrected chi connectivity index (χ3v) is 6.53. The summed E-state index contributed by atoms with van der Waals surface area (Å²) in [4.78, 5) is 27.3. The van der Waals surface area contributed by atoms with Crippen molar-refractivity contribution >= 4 is 23.3 Å². The molecule has 10 heteroatoms. The van der Waals surface area contributed by atoms with Gasteiger partial charge in [0.1, 0.15) is 12.0 Å². The lowest BCUT2D eigenvalue weighted by Crippen LogP contribution is -2.59. The van der Waals surface area contributed by atoms with E-state index in [1.807, 2.05) is 23.1 Å². The highest BCUT2D eigenvalue weighted by molar-refractivity contribution is 5.89. The molecule has 30 heavy (non-hydrogen) atoms. The lowest BCUT2D eigenvalue weighted by Gasteiger charge is -2.51. The van der Waals surface area contributed by atoms with Gasteiger partial charge in [0, 0.05) is 61.5 Å². The molecule has 3 unspecified atom stereocenters. The third kappa shape index (κ3) is 3.13. The van der Waals surface area contributed by atoms with Gasteiger partial charge >= 0.3 is 6.03 Å². The largest absolute Gasteiger partial charge is 0.351 e. The fourth-order valence-corrected chi connectivity index (χ4v) is 4.85. The number of nitrogens with two attached hydrogens (primary N) is 1. The van der Waals surface area contributed by atoms with Crippen molar-refractivity contribution in [3.63, 3.8) is 0 Å². The number of aromatic amines is 1. The number of primary amides is 1. The first-order valence-corrected chi connectivity index (χ1v) is 10.3. The Morgan fingerprint density at radius 2 is 2.10 bits per heavy atom. The molecular weight excluding hydrogens is 382 g/mol. The van der Waals surface area contributed by atoms with E-state index in [-0.39, 0.29) is 12.1 Å². The smallest absolute Gasteiger partial charge is 0.314 e. The highest BCUT2D eigenvalue weighted by Crippen LogP contribution is 2.44. The first-order valence-electron chi connectivity index (χ1n) is 10.3. The van der Waals surface area contributed by atoms with E-state index >= 15 is 0 Å². The van der Waals surface area contributed by atoms with Gasteiger partial charge in [-0.15, -0.1) is 0 Å². The Hall–Kier alpha value is -3.27. The number of amides is 2. The van der Waals surface area contributed by atoms with E-state index in [0.29, 0.717) is 25.0 Å². The van der Waals surface area contributed by atoms with Crippen LogP contribution in [0, 0.1) is 11.3 Å². The summed E-state index contributed by atoms with van der Waals surface area (Å²) in [7, 11) is 0. The van der Waals surface area contributed by atoms with Crippen LogP contribution in [0.15, 0.2) is 31.0 Å². The Bertz CT molecular complexity index is 1070. The third-order valence-electron chi connectivity index (χ3n) is 6.53. The summed E-state index contributed by atoms with van der Waals surface area (Å²) < 4.78 is 2.03. The first kappa shape index (κ1) is 18.7. The Balaban J connectivity index is 1.32. The maximum absolute atomic E-state index is 11.4. The minimum atomic E-state index is -0.345. The normalized spacial score (nSPS) is 24.7. The maximum Gasteiger partial charge on any atom is 0.314 e. The van der Waals surface area contributed by atoms with Gasteiger partial charge in [0.2, 0.25) is 0 Å². The summed E-state index contributed by atoms with van der Waals surface area (Å²) in [6.07, 6.45) is 10.5. The van der Waals surface area contributed by atoms with Gasteiger partial charge in [-0.1, -0.05) is 0 Å². The van der Waals surface area contributed by atoms with Crippen molar-refractivity contribution in [1.82, 2.24) is 34.5 Å². The van der Waals surface area contributed by atoms with Crippen molar-refractivity contribution in [2.45, 2.75) is 24.9 Å². The van der Waals surface area contributed by atoms with Gasteiger partial charge in [0.15, 0.2) is 0 Å². The van der Waals surface area contributed by atoms with E-state index in [1.165, 1.54) is 6.21 Å². The molecule has 2 aliphatic rings. The zero-order valence-electron chi connectivity index (χ0n) is 16.6. The molecule has 3 atom stereocenters. The minimum absolute atomic E-state index is 0.253. The second-order valence-electron chi connectivity index (χ2n) is 8.01. The highest BCUT2D eigenvalue weighted by Gasteiger charge is 2.45. The average molecular weight is 407 g/mol. The lowest BCUT2D eigenvalue weighted by molar-refractivity contribution is -0.0101. The van der Waals surface area contributed by atoms with Crippen molar-refractivity contribution in [3.8, 4) is 11.3 Å². The van der Waals surface area contributed by atoms with Crippen LogP contribution in [0.25, 0.3) is 22.3 Å². The molecule has 2 fully saturated rings. The van der Waals surface area contributed by atoms with Gasteiger partial charge < -0.3 is 21.0 Å². The number of H-pyrrole nitrogens is 1. The van der Waals surface area contributed by atoms with Crippen LogP contribution in [0.5, 0.6) is 0 Å². The monoisotopic (exact) mass is 407 g/mol. The maximum atomic E-state index is 11.4. The number of piperazine rings is 1. The van der Waals surface area contributed by atoms with Crippen LogP contribution < -0.4 is 5.73 Å². The number of rotatable bonds is 5. The van der Waals surface area contributed by atoms with Gasteiger partial charge in [-0.3, -0.25) is 9.58 Å². The van der Waals surface area contributed by atoms with E-state index in [1.54, 1.807) is 11.2 Å². The molecule has 1 saturated carbocycles. The summed E-state index contributed by atoms with van der Waals surface area (Å²) in [6.45, 7) is 2.98. The van der Waals surface area contributed by atoms with E-state index in [9.17, 15) is 4.79 Å². The summed E-state index contributed by atoms with van der Waals surface area (Å²) in [5.74, 6) is 0.327. The molecule has 0 bridgehead atoms. The Kier molecular flexibility index (Phi) is 4.70. The Morgan fingerprint density at radius 3 is 2.87 bits per heavy atom. The van der Waals surface area contributed by atoms with Crippen LogP contribution in [0.1, 0.15) is 18.9 Å². The van der Waals surface area contributed by atoms with E-state index in [0.717, 1.165) is 48.2 Å². The molecule has 4 N–H and O–H groups in total. The molecular formula is C20H25N9O. The number of nitrogens with zero attached hydrogens (tertiary/aromatic N) is 6. The topological polar surface area (TPSA) is 133 Å².